The molecule has 1 aliphatic heterocycles. The molecule has 0 atom stereocenters. The third kappa shape index (κ3) is 3.91. The predicted molar refractivity (Wildman–Crippen MR) is 121 cm³/mol. The standard InChI is InChI=1S/C20H17N3O4S3/c1-3-22-30(25,26)17-5-4-12(6-11(17)2)15-10-21-9-13-7-14(27-18(13)15)8-16-19(24)23-20(28)29-16/h4-10,22H,3H2,1-2H3,(H,23,24,28)/b16-8+. The van der Waals surface area contributed by atoms with Crippen molar-refractivity contribution < 1.29 is 17.6 Å². The number of fused-ring (bicyclic) bond motifs is 1. The van der Waals surface area contributed by atoms with Gasteiger partial charge in [0.15, 0.2) is 0 Å². The molecular weight excluding hydrogens is 442 g/mol. The quantitative estimate of drug-likeness (QED) is 0.444. The van der Waals surface area contributed by atoms with E-state index in [1.807, 2.05) is 0 Å². The summed E-state index contributed by atoms with van der Waals surface area (Å²) in [7, 11) is -3.55. The highest BCUT2D eigenvalue weighted by Crippen LogP contribution is 2.34. The van der Waals surface area contributed by atoms with Crippen LogP contribution in [0.1, 0.15) is 18.2 Å². The van der Waals surface area contributed by atoms with E-state index in [0.717, 1.165) is 16.5 Å². The van der Waals surface area contributed by atoms with Gasteiger partial charge in [-0.3, -0.25) is 9.78 Å². The number of aryl methyl sites for hydroxylation is 1. The molecule has 0 saturated carbocycles. The minimum Gasteiger partial charge on any atom is -0.456 e. The summed E-state index contributed by atoms with van der Waals surface area (Å²) >= 11 is 6.19. The number of amides is 1. The highest BCUT2D eigenvalue weighted by molar-refractivity contribution is 8.26. The van der Waals surface area contributed by atoms with E-state index >= 15 is 0 Å². The topological polar surface area (TPSA) is 101 Å². The van der Waals surface area contributed by atoms with Gasteiger partial charge in [0.25, 0.3) is 5.91 Å². The van der Waals surface area contributed by atoms with Gasteiger partial charge in [-0.25, -0.2) is 13.1 Å². The van der Waals surface area contributed by atoms with E-state index in [0.29, 0.717) is 32.7 Å². The minimum absolute atomic E-state index is 0.235. The molecule has 1 aliphatic rings. The van der Waals surface area contributed by atoms with Crippen LogP contribution in [-0.2, 0) is 14.8 Å². The first-order chi connectivity index (χ1) is 14.3. The molecule has 0 radical (unpaired) electrons. The molecule has 154 valence electrons. The maximum absolute atomic E-state index is 12.3. The molecule has 3 heterocycles. The molecule has 2 N–H and O–H groups in total. The number of nitrogens with zero attached hydrogens (tertiary/aromatic N) is 1. The van der Waals surface area contributed by atoms with E-state index in [9.17, 15) is 13.2 Å². The number of sulfonamides is 1. The summed E-state index contributed by atoms with van der Waals surface area (Å²) in [5.74, 6) is 0.251. The molecule has 1 saturated heterocycles. The van der Waals surface area contributed by atoms with Gasteiger partial charge in [0.1, 0.15) is 15.7 Å². The number of carbonyl (C=O) groups is 1. The van der Waals surface area contributed by atoms with Crippen molar-refractivity contribution in [1.82, 2.24) is 15.0 Å². The summed E-state index contributed by atoms with van der Waals surface area (Å²) in [6.45, 7) is 3.80. The second-order valence-electron chi connectivity index (χ2n) is 6.59. The molecule has 7 nitrogen and oxygen atoms in total. The lowest BCUT2D eigenvalue weighted by Gasteiger charge is -2.10. The van der Waals surface area contributed by atoms with Crippen molar-refractivity contribution in [1.29, 1.82) is 0 Å². The maximum Gasteiger partial charge on any atom is 0.263 e. The normalized spacial score (nSPS) is 15.9. The lowest BCUT2D eigenvalue weighted by atomic mass is 10.0. The molecule has 30 heavy (non-hydrogen) atoms. The van der Waals surface area contributed by atoms with Crippen LogP contribution < -0.4 is 10.0 Å². The lowest BCUT2D eigenvalue weighted by Crippen LogP contribution is -2.23. The van der Waals surface area contributed by atoms with Crippen LogP contribution in [0.3, 0.4) is 0 Å². The molecule has 1 fully saturated rings. The van der Waals surface area contributed by atoms with Crippen molar-refractivity contribution in [2.45, 2.75) is 18.7 Å². The second-order valence-corrected chi connectivity index (χ2v) is 10.0. The molecule has 4 rings (SSSR count). The fourth-order valence-corrected chi connectivity index (χ4v) is 5.49. The molecular formula is C20H17N3O4S3. The van der Waals surface area contributed by atoms with Crippen molar-refractivity contribution in [2.75, 3.05) is 6.54 Å². The smallest absolute Gasteiger partial charge is 0.263 e. The van der Waals surface area contributed by atoms with Crippen LogP contribution in [-0.4, -0.2) is 30.2 Å². The lowest BCUT2D eigenvalue weighted by molar-refractivity contribution is -0.115. The monoisotopic (exact) mass is 459 g/mol. The molecule has 3 aromatic rings. The number of pyridine rings is 1. The molecule has 0 bridgehead atoms. The molecule has 0 aliphatic carbocycles. The van der Waals surface area contributed by atoms with Crippen molar-refractivity contribution >= 4 is 61.3 Å². The van der Waals surface area contributed by atoms with E-state index in [-0.39, 0.29) is 10.8 Å². The van der Waals surface area contributed by atoms with Crippen LogP contribution in [0.15, 0.2) is 50.9 Å². The fourth-order valence-electron chi connectivity index (χ4n) is 3.20. The van der Waals surface area contributed by atoms with E-state index in [1.54, 1.807) is 56.6 Å². The second kappa shape index (κ2) is 7.95. The zero-order valence-corrected chi connectivity index (χ0v) is 18.5. The van der Waals surface area contributed by atoms with Gasteiger partial charge in [-0.1, -0.05) is 37.0 Å². The zero-order chi connectivity index (χ0) is 21.5. The van der Waals surface area contributed by atoms with Crippen molar-refractivity contribution in [3.63, 3.8) is 0 Å². The Labute approximate surface area is 183 Å². The predicted octanol–water partition coefficient (Wildman–Crippen LogP) is 3.59. The number of hydrogen-bond donors (Lipinski definition) is 2. The van der Waals surface area contributed by atoms with Crippen molar-refractivity contribution in [2.24, 2.45) is 0 Å². The van der Waals surface area contributed by atoms with Crippen molar-refractivity contribution in [3.05, 3.63) is 52.9 Å². The summed E-state index contributed by atoms with van der Waals surface area (Å²) in [4.78, 5) is 16.9. The molecule has 1 aromatic carbocycles. The number of thiocarbonyl (C=S) groups is 1. The summed E-state index contributed by atoms with van der Waals surface area (Å²) < 4.78 is 33.6. The summed E-state index contributed by atoms with van der Waals surface area (Å²) in [6.07, 6.45) is 4.98. The minimum atomic E-state index is -3.55. The van der Waals surface area contributed by atoms with Gasteiger partial charge in [0, 0.05) is 36.0 Å². The Bertz CT molecular complexity index is 1330. The van der Waals surface area contributed by atoms with Crippen LogP contribution in [0, 0.1) is 6.92 Å². The Morgan fingerprint density at radius 3 is 2.77 bits per heavy atom. The first-order valence-corrected chi connectivity index (χ1v) is 11.7. The van der Waals surface area contributed by atoms with Gasteiger partial charge in [-0.2, -0.15) is 0 Å². The number of aromatic nitrogens is 1. The third-order valence-corrected chi connectivity index (χ3v) is 7.34. The van der Waals surface area contributed by atoms with Gasteiger partial charge in [0.05, 0.1) is 9.80 Å². The third-order valence-electron chi connectivity index (χ3n) is 4.47. The van der Waals surface area contributed by atoms with Gasteiger partial charge < -0.3 is 9.73 Å². The van der Waals surface area contributed by atoms with Crippen molar-refractivity contribution in [3.8, 4) is 11.1 Å². The Morgan fingerprint density at radius 2 is 2.10 bits per heavy atom. The average Bonchev–Trinajstić information content (AvgIpc) is 3.23. The van der Waals surface area contributed by atoms with Crippen LogP contribution in [0.5, 0.6) is 0 Å². The summed E-state index contributed by atoms with van der Waals surface area (Å²) in [5, 5.41) is 3.34. The fraction of sp³-hybridized carbons (Fsp3) is 0.150. The van der Waals surface area contributed by atoms with Gasteiger partial charge >= 0.3 is 0 Å². The first kappa shape index (κ1) is 20.7. The van der Waals surface area contributed by atoms with Crippen LogP contribution in [0.2, 0.25) is 0 Å². The van der Waals surface area contributed by atoms with E-state index in [2.05, 4.69) is 15.0 Å². The summed E-state index contributed by atoms with van der Waals surface area (Å²) in [6, 6.07) is 6.89. The largest absolute Gasteiger partial charge is 0.456 e. The molecule has 10 heteroatoms. The molecule has 1 amide bonds. The number of carbonyl (C=O) groups excluding carboxylic acids is 1. The highest BCUT2D eigenvalue weighted by Gasteiger charge is 2.23. The van der Waals surface area contributed by atoms with E-state index in [1.165, 1.54) is 11.8 Å². The Kier molecular flexibility index (Phi) is 5.49. The Morgan fingerprint density at radius 1 is 1.30 bits per heavy atom. The van der Waals surface area contributed by atoms with Crippen LogP contribution in [0.25, 0.3) is 28.2 Å². The van der Waals surface area contributed by atoms with Gasteiger partial charge in [-0.15, -0.1) is 0 Å². The Balaban J connectivity index is 1.76. The maximum atomic E-state index is 12.3. The van der Waals surface area contributed by atoms with Gasteiger partial charge in [-0.05, 0) is 36.2 Å². The number of rotatable bonds is 5. The van der Waals surface area contributed by atoms with Crippen LogP contribution in [0.4, 0.5) is 0 Å². The van der Waals surface area contributed by atoms with Gasteiger partial charge in [0.2, 0.25) is 10.0 Å². The molecule has 0 spiro atoms. The highest BCUT2D eigenvalue weighted by atomic mass is 32.2. The molecule has 2 aromatic heterocycles. The van der Waals surface area contributed by atoms with E-state index in [4.69, 9.17) is 16.6 Å². The molecule has 0 unspecified atom stereocenters. The number of hydrogen-bond acceptors (Lipinski definition) is 7. The number of thioether (sulfide) groups is 1. The summed E-state index contributed by atoms with van der Waals surface area (Å²) in [5.41, 5.74) is 2.73. The number of benzene rings is 1. The number of furan rings is 1. The van der Waals surface area contributed by atoms with Crippen LogP contribution >= 0.6 is 24.0 Å². The number of nitrogens with one attached hydrogen (secondary N) is 2. The average molecular weight is 460 g/mol. The zero-order valence-electron chi connectivity index (χ0n) is 16.1. The first-order valence-electron chi connectivity index (χ1n) is 9.01. The SMILES string of the molecule is CCNS(=O)(=O)c1ccc(-c2cncc3cc(/C=C4/SC(=S)NC4=O)oc23)cc1C. The van der Waals surface area contributed by atoms with E-state index < -0.39 is 10.0 Å². The Hall–Kier alpha value is -2.53.